The Morgan fingerprint density at radius 1 is 1.33 bits per heavy atom. The summed E-state index contributed by atoms with van der Waals surface area (Å²) < 4.78 is 6.76. The maximum atomic E-state index is 13.0. The molecule has 2 aromatic rings. The molecule has 2 aliphatic heterocycles. The monoisotopic (exact) mass is 350 g/mol. The van der Waals surface area contributed by atoms with Crippen LogP contribution >= 0.6 is 12.4 Å². The Bertz CT molecular complexity index is 847. The number of carbonyl (C=O) groups is 2. The van der Waals surface area contributed by atoms with Crippen LogP contribution in [0.3, 0.4) is 0 Å². The van der Waals surface area contributed by atoms with Crippen molar-refractivity contribution in [2.75, 3.05) is 19.7 Å². The number of amides is 1. The average Bonchev–Trinajstić information content (AvgIpc) is 3.15. The molecule has 7 nitrogen and oxygen atoms in total. The molecule has 2 atom stereocenters. The van der Waals surface area contributed by atoms with Gasteiger partial charge >= 0.3 is 5.97 Å². The van der Waals surface area contributed by atoms with E-state index in [4.69, 9.17) is 4.74 Å². The van der Waals surface area contributed by atoms with Crippen molar-refractivity contribution in [3.63, 3.8) is 0 Å². The normalized spacial score (nSPS) is 22.5. The molecule has 2 aromatic heterocycles. The van der Waals surface area contributed by atoms with Gasteiger partial charge in [-0.25, -0.2) is 4.98 Å². The van der Waals surface area contributed by atoms with Crippen LogP contribution in [-0.4, -0.2) is 51.2 Å². The molecule has 0 unspecified atom stereocenters. The summed E-state index contributed by atoms with van der Waals surface area (Å²) in [6.07, 6.45) is 0. The zero-order valence-electron chi connectivity index (χ0n) is 13.8. The number of esters is 1. The summed E-state index contributed by atoms with van der Waals surface area (Å²) in [5.74, 6) is -0.287. The molecule has 8 heteroatoms. The van der Waals surface area contributed by atoms with Gasteiger partial charge in [0.05, 0.1) is 29.2 Å². The minimum absolute atomic E-state index is 0. The largest absolute Gasteiger partial charge is 0.465 e. The number of fused-ring (bicyclic) bond motifs is 2. The molecule has 128 valence electrons. The first-order chi connectivity index (χ1) is 11.0. The summed E-state index contributed by atoms with van der Waals surface area (Å²) in [5, 5.41) is 5.17. The van der Waals surface area contributed by atoms with Crippen LogP contribution in [0.1, 0.15) is 21.7 Å². The van der Waals surface area contributed by atoms with E-state index in [0.29, 0.717) is 30.9 Å². The number of aryl methyl sites for hydroxylation is 3. The van der Waals surface area contributed by atoms with Crippen LogP contribution in [-0.2, 0) is 16.6 Å². The fraction of sp³-hybridized carbons (Fsp3) is 0.500. The van der Waals surface area contributed by atoms with Crippen molar-refractivity contribution >= 4 is 35.3 Å². The SMILES string of the molecule is Cc1cc(C(=O)N2C[C@@H]3COC(=O)[C@@H]3C2)c2c(C)nn(C)c2n1.Cl. The zero-order valence-corrected chi connectivity index (χ0v) is 14.6. The van der Waals surface area contributed by atoms with Gasteiger partial charge in [-0.2, -0.15) is 5.10 Å². The number of carbonyl (C=O) groups excluding carboxylic acids is 2. The number of hydrogen-bond donors (Lipinski definition) is 0. The first-order valence-electron chi connectivity index (χ1n) is 7.72. The van der Waals surface area contributed by atoms with Crippen molar-refractivity contribution in [2.45, 2.75) is 13.8 Å². The Kier molecular flexibility index (Phi) is 3.99. The van der Waals surface area contributed by atoms with Gasteiger partial charge in [0, 0.05) is 31.7 Å². The Morgan fingerprint density at radius 3 is 2.79 bits per heavy atom. The lowest BCUT2D eigenvalue weighted by Gasteiger charge is -2.18. The fourth-order valence-corrected chi connectivity index (χ4v) is 3.68. The number of ether oxygens (including phenoxy) is 1. The highest BCUT2D eigenvalue weighted by Gasteiger charge is 2.45. The van der Waals surface area contributed by atoms with E-state index in [9.17, 15) is 9.59 Å². The average molecular weight is 351 g/mol. The molecule has 4 rings (SSSR count). The Labute approximate surface area is 145 Å². The van der Waals surface area contributed by atoms with E-state index < -0.39 is 0 Å². The molecule has 0 radical (unpaired) electrons. The van der Waals surface area contributed by atoms with Crippen LogP contribution in [0.15, 0.2) is 6.07 Å². The van der Waals surface area contributed by atoms with Crippen LogP contribution in [0, 0.1) is 25.7 Å². The van der Waals surface area contributed by atoms with Crippen LogP contribution in [0.25, 0.3) is 11.0 Å². The molecular weight excluding hydrogens is 332 g/mol. The van der Waals surface area contributed by atoms with Crippen molar-refractivity contribution in [1.82, 2.24) is 19.7 Å². The van der Waals surface area contributed by atoms with E-state index in [2.05, 4.69) is 10.1 Å². The molecule has 0 N–H and O–H groups in total. The smallest absolute Gasteiger partial charge is 0.311 e. The molecular formula is C16H19ClN4O3. The molecule has 24 heavy (non-hydrogen) atoms. The van der Waals surface area contributed by atoms with E-state index in [0.717, 1.165) is 16.8 Å². The van der Waals surface area contributed by atoms with Gasteiger partial charge in [-0.05, 0) is 19.9 Å². The Hall–Kier alpha value is -2.15. The van der Waals surface area contributed by atoms with Crippen molar-refractivity contribution in [3.05, 3.63) is 23.0 Å². The molecule has 2 aliphatic rings. The van der Waals surface area contributed by atoms with E-state index in [-0.39, 0.29) is 36.1 Å². The predicted molar refractivity (Wildman–Crippen MR) is 89.1 cm³/mol. The number of aromatic nitrogens is 3. The van der Waals surface area contributed by atoms with Crippen molar-refractivity contribution in [1.29, 1.82) is 0 Å². The number of hydrogen-bond acceptors (Lipinski definition) is 5. The van der Waals surface area contributed by atoms with Gasteiger partial charge in [-0.1, -0.05) is 0 Å². The van der Waals surface area contributed by atoms with Crippen LogP contribution in [0.4, 0.5) is 0 Å². The minimum atomic E-state index is -0.182. The number of nitrogens with zero attached hydrogens (tertiary/aromatic N) is 4. The Balaban J connectivity index is 0.00000169. The number of rotatable bonds is 1. The van der Waals surface area contributed by atoms with Gasteiger partial charge in [-0.15, -0.1) is 12.4 Å². The number of cyclic esters (lactones) is 1. The maximum absolute atomic E-state index is 13.0. The van der Waals surface area contributed by atoms with Crippen molar-refractivity contribution in [2.24, 2.45) is 18.9 Å². The third-order valence-corrected chi connectivity index (χ3v) is 4.80. The summed E-state index contributed by atoms with van der Waals surface area (Å²) in [6.45, 7) is 5.17. The van der Waals surface area contributed by atoms with Crippen molar-refractivity contribution < 1.29 is 14.3 Å². The molecule has 2 fully saturated rings. The fourth-order valence-electron chi connectivity index (χ4n) is 3.68. The van der Waals surface area contributed by atoms with Crippen molar-refractivity contribution in [3.8, 4) is 0 Å². The highest BCUT2D eigenvalue weighted by molar-refractivity contribution is 6.06. The summed E-state index contributed by atoms with van der Waals surface area (Å²) in [4.78, 5) is 31.0. The molecule has 2 saturated heterocycles. The topological polar surface area (TPSA) is 77.3 Å². The first-order valence-corrected chi connectivity index (χ1v) is 7.72. The van der Waals surface area contributed by atoms with E-state index in [1.165, 1.54) is 0 Å². The van der Waals surface area contributed by atoms with Gasteiger partial charge in [0.25, 0.3) is 5.91 Å². The lowest BCUT2D eigenvalue weighted by Crippen LogP contribution is -2.31. The lowest BCUT2D eigenvalue weighted by molar-refractivity contribution is -0.141. The number of pyridine rings is 1. The highest BCUT2D eigenvalue weighted by Crippen LogP contribution is 2.32. The molecule has 0 aromatic carbocycles. The first kappa shape index (κ1) is 16.7. The third kappa shape index (κ3) is 2.34. The predicted octanol–water partition coefficient (Wildman–Crippen LogP) is 1.25. The van der Waals surface area contributed by atoms with Gasteiger partial charge in [0.1, 0.15) is 0 Å². The maximum Gasteiger partial charge on any atom is 0.311 e. The van der Waals surface area contributed by atoms with E-state index in [1.54, 1.807) is 9.58 Å². The van der Waals surface area contributed by atoms with E-state index >= 15 is 0 Å². The van der Waals surface area contributed by atoms with Crippen LogP contribution in [0.5, 0.6) is 0 Å². The number of likely N-dealkylation sites (tertiary alicyclic amines) is 1. The quantitative estimate of drug-likeness (QED) is 0.723. The second-order valence-corrected chi connectivity index (χ2v) is 6.43. The summed E-state index contributed by atoms with van der Waals surface area (Å²) in [5.41, 5.74) is 2.90. The van der Waals surface area contributed by atoms with Crippen LogP contribution < -0.4 is 0 Å². The summed E-state index contributed by atoms with van der Waals surface area (Å²) in [6, 6.07) is 1.81. The minimum Gasteiger partial charge on any atom is -0.465 e. The van der Waals surface area contributed by atoms with Gasteiger partial charge in [-0.3, -0.25) is 14.3 Å². The molecule has 0 bridgehead atoms. The standard InChI is InChI=1S/C16H18N4O3.ClH/c1-8-4-11(13-9(2)18-19(3)14(13)17-8)15(21)20-5-10-7-23-16(22)12(10)6-20;/h4,10,12H,5-7H2,1-3H3;1H/t10-,12-;/m1./s1. The van der Waals surface area contributed by atoms with E-state index in [1.807, 2.05) is 27.0 Å². The van der Waals surface area contributed by atoms with Gasteiger partial charge in [0.2, 0.25) is 0 Å². The molecule has 0 aliphatic carbocycles. The second kappa shape index (κ2) is 5.73. The molecule has 4 heterocycles. The van der Waals surface area contributed by atoms with Crippen LogP contribution in [0.2, 0.25) is 0 Å². The second-order valence-electron chi connectivity index (χ2n) is 6.43. The molecule has 0 spiro atoms. The molecule has 0 saturated carbocycles. The lowest BCUT2D eigenvalue weighted by atomic mass is 10.0. The third-order valence-electron chi connectivity index (χ3n) is 4.80. The van der Waals surface area contributed by atoms with Gasteiger partial charge < -0.3 is 9.64 Å². The number of halogens is 1. The summed E-state index contributed by atoms with van der Waals surface area (Å²) >= 11 is 0. The Morgan fingerprint density at radius 2 is 2.08 bits per heavy atom. The zero-order chi connectivity index (χ0) is 16.3. The van der Waals surface area contributed by atoms with Gasteiger partial charge in [0.15, 0.2) is 5.65 Å². The highest BCUT2D eigenvalue weighted by atomic mass is 35.5. The molecule has 1 amide bonds. The summed E-state index contributed by atoms with van der Waals surface area (Å²) in [7, 11) is 1.83.